The number of pyridine rings is 1. The highest BCUT2D eigenvalue weighted by Gasteiger charge is 2.44. The molecule has 1 heterocycles. The zero-order chi connectivity index (χ0) is 16.6. The van der Waals surface area contributed by atoms with Gasteiger partial charge in [0.05, 0.1) is 5.56 Å². The molecule has 2 unspecified atom stereocenters. The maximum atomic E-state index is 12.5. The molecule has 1 aliphatic rings. The Balaban J connectivity index is 1.62. The zero-order valence-electron chi connectivity index (χ0n) is 12.4. The van der Waals surface area contributed by atoms with E-state index in [2.05, 4.69) is 10.3 Å². The summed E-state index contributed by atoms with van der Waals surface area (Å²) >= 11 is 0. The van der Waals surface area contributed by atoms with Crippen molar-refractivity contribution in [2.75, 3.05) is 5.32 Å². The Labute approximate surface area is 131 Å². The minimum Gasteiger partial charge on any atom is -0.310 e. The van der Waals surface area contributed by atoms with Crippen LogP contribution in [0.1, 0.15) is 29.0 Å². The highest BCUT2D eigenvalue weighted by atomic mass is 19.4. The van der Waals surface area contributed by atoms with E-state index >= 15 is 0 Å². The van der Waals surface area contributed by atoms with E-state index in [0.717, 1.165) is 23.3 Å². The Kier molecular flexibility index (Phi) is 3.83. The maximum absolute atomic E-state index is 12.5. The highest BCUT2D eigenvalue weighted by Crippen LogP contribution is 2.48. The fourth-order valence-corrected chi connectivity index (χ4v) is 2.53. The van der Waals surface area contributed by atoms with Crippen LogP contribution in [0.2, 0.25) is 0 Å². The number of carbonyl (C=O) groups excluding carboxylic acids is 1. The second kappa shape index (κ2) is 5.68. The predicted octanol–water partition coefficient (Wildman–Crippen LogP) is 4.15. The number of nitrogens with one attached hydrogen (secondary N) is 1. The van der Waals surface area contributed by atoms with Gasteiger partial charge in [0, 0.05) is 12.1 Å². The van der Waals surface area contributed by atoms with Gasteiger partial charge < -0.3 is 5.32 Å². The SMILES string of the molecule is Cc1ccc(NC(=O)C2CC2c2ccc(C(F)(F)F)cc2)nc1. The first-order valence-electron chi connectivity index (χ1n) is 7.25. The van der Waals surface area contributed by atoms with Crippen molar-refractivity contribution in [3.05, 3.63) is 59.3 Å². The average molecular weight is 320 g/mol. The van der Waals surface area contributed by atoms with Gasteiger partial charge in [0.2, 0.25) is 5.91 Å². The number of nitrogens with zero attached hydrogens (tertiary/aromatic N) is 1. The third kappa shape index (κ3) is 3.52. The normalized spacial score (nSPS) is 20.2. The van der Waals surface area contributed by atoms with Gasteiger partial charge in [-0.25, -0.2) is 4.98 Å². The molecule has 2 aromatic rings. The van der Waals surface area contributed by atoms with Crippen molar-refractivity contribution in [2.24, 2.45) is 5.92 Å². The third-order valence-corrected chi connectivity index (χ3v) is 3.96. The van der Waals surface area contributed by atoms with Crippen molar-refractivity contribution >= 4 is 11.7 Å². The molecule has 0 spiro atoms. The Morgan fingerprint density at radius 1 is 1.17 bits per heavy atom. The number of carbonyl (C=O) groups is 1. The van der Waals surface area contributed by atoms with E-state index in [4.69, 9.17) is 0 Å². The van der Waals surface area contributed by atoms with Crippen LogP contribution in [0.3, 0.4) is 0 Å². The zero-order valence-corrected chi connectivity index (χ0v) is 12.4. The summed E-state index contributed by atoms with van der Waals surface area (Å²) in [5.74, 6) is 0.0995. The quantitative estimate of drug-likeness (QED) is 0.923. The van der Waals surface area contributed by atoms with E-state index in [1.165, 1.54) is 12.1 Å². The fraction of sp³-hybridized carbons (Fsp3) is 0.294. The van der Waals surface area contributed by atoms with E-state index in [9.17, 15) is 18.0 Å². The second-order valence-electron chi connectivity index (χ2n) is 5.78. The number of benzene rings is 1. The number of alkyl halides is 3. The van der Waals surface area contributed by atoms with Gasteiger partial charge in [-0.1, -0.05) is 18.2 Å². The number of halogens is 3. The van der Waals surface area contributed by atoms with Gasteiger partial charge in [0.15, 0.2) is 0 Å². The smallest absolute Gasteiger partial charge is 0.310 e. The number of aromatic nitrogens is 1. The van der Waals surface area contributed by atoms with Crippen LogP contribution in [-0.2, 0) is 11.0 Å². The fourth-order valence-electron chi connectivity index (χ4n) is 2.53. The molecule has 23 heavy (non-hydrogen) atoms. The molecule has 1 amide bonds. The van der Waals surface area contributed by atoms with E-state index in [1.54, 1.807) is 12.3 Å². The molecule has 1 aromatic carbocycles. The molecule has 2 atom stereocenters. The molecule has 0 bridgehead atoms. The first-order valence-corrected chi connectivity index (χ1v) is 7.25. The molecule has 0 radical (unpaired) electrons. The van der Waals surface area contributed by atoms with E-state index in [-0.39, 0.29) is 17.7 Å². The van der Waals surface area contributed by atoms with Crippen LogP contribution in [0.5, 0.6) is 0 Å². The number of hydrogen-bond acceptors (Lipinski definition) is 2. The largest absolute Gasteiger partial charge is 0.416 e. The monoisotopic (exact) mass is 320 g/mol. The van der Waals surface area contributed by atoms with Crippen LogP contribution in [-0.4, -0.2) is 10.9 Å². The first kappa shape index (κ1) is 15.5. The Bertz CT molecular complexity index is 708. The highest BCUT2D eigenvalue weighted by molar-refractivity contribution is 5.94. The molecule has 0 saturated heterocycles. The number of anilines is 1. The van der Waals surface area contributed by atoms with Gasteiger partial charge in [-0.05, 0) is 48.6 Å². The summed E-state index contributed by atoms with van der Waals surface area (Å²) in [4.78, 5) is 16.2. The van der Waals surface area contributed by atoms with Crippen LogP contribution in [0.25, 0.3) is 0 Å². The number of aryl methyl sites for hydroxylation is 1. The van der Waals surface area contributed by atoms with Crippen LogP contribution < -0.4 is 5.32 Å². The average Bonchev–Trinajstić information content (AvgIpc) is 3.29. The minimum atomic E-state index is -4.34. The molecule has 0 aliphatic heterocycles. The number of rotatable bonds is 3. The molecule has 1 N–H and O–H groups in total. The van der Waals surface area contributed by atoms with E-state index in [1.807, 2.05) is 13.0 Å². The third-order valence-electron chi connectivity index (χ3n) is 3.96. The van der Waals surface area contributed by atoms with Crippen molar-refractivity contribution < 1.29 is 18.0 Å². The summed E-state index contributed by atoms with van der Waals surface area (Å²) in [6, 6.07) is 8.59. The van der Waals surface area contributed by atoms with Gasteiger partial charge >= 0.3 is 6.18 Å². The molecule has 1 saturated carbocycles. The first-order chi connectivity index (χ1) is 10.8. The molecule has 6 heteroatoms. The van der Waals surface area contributed by atoms with Gasteiger partial charge in [-0.2, -0.15) is 13.2 Å². The van der Waals surface area contributed by atoms with Crippen LogP contribution in [0.4, 0.5) is 19.0 Å². The topological polar surface area (TPSA) is 42.0 Å². The molecule has 3 rings (SSSR count). The van der Waals surface area contributed by atoms with Crippen LogP contribution in [0.15, 0.2) is 42.6 Å². The molecular weight excluding hydrogens is 305 g/mol. The molecule has 1 aliphatic carbocycles. The summed E-state index contributed by atoms with van der Waals surface area (Å²) in [7, 11) is 0. The van der Waals surface area contributed by atoms with Crippen molar-refractivity contribution in [1.29, 1.82) is 0 Å². The Hall–Kier alpha value is -2.37. The van der Waals surface area contributed by atoms with Crippen molar-refractivity contribution in [1.82, 2.24) is 4.98 Å². The summed E-state index contributed by atoms with van der Waals surface area (Å²) < 4.78 is 37.6. The van der Waals surface area contributed by atoms with Crippen LogP contribution >= 0.6 is 0 Å². The lowest BCUT2D eigenvalue weighted by atomic mass is 10.1. The van der Waals surface area contributed by atoms with Gasteiger partial charge in [0.1, 0.15) is 5.82 Å². The molecule has 120 valence electrons. The van der Waals surface area contributed by atoms with Gasteiger partial charge in [-0.3, -0.25) is 4.79 Å². The van der Waals surface area contributed by atoms with Gasteiger partial charge in [0.25, 0.3) is 0 Å². The molecule has 1 aromatic heterocycles. The Morgan fingerprint density at radius 3 is 2.43 bits per heavy atom. The summed E-state index contributed by atoms with van der Waals surface area (Å²) in [5.41, 5.74) is 1.08. The standard InChI is InChI=1S/C17H15F3N2O/c1-10-2-7-15(21-9-10)22-16(23)14-8-13(14)11-3-5-12(6-4-11)17(18,19)20/h2-7,9,13-14H,8H2,1H3,(H,21,22,23). The number of hydrogen-bond donors (Lipinski definition) is 1. The summed E-state index contributed by atoms with van der Waals surface area (Å²) in [5, 5.41) is 2.74. The lowest BCUT2D eigenvalue weighted by Gasteiger charge is -2.08. The maximum Gasteiger partial charge on any atom is 0.416 e. The van der Waals surface area contributed by atoms with Crippen molar-refractivity contribution in [2.45, 2.75) is 25.4 Å². The number of amides is 1. The van der Waals surface area contributed by atoms with Crippen molar-refractivity contribution in [3.8, 4) is 0 Å². The van der Waals surface area contributed by atoms with Crippen LogP contribution in [0, 0.1) is 12.8 Å². The van der Waals surface area contributed by atoms with E-state index in [0.29, 0.717) is 12.2 Å². The van der Waals surface area contributed by atoms with E-state index < -0.39 is 11.7 Å². The second-order valence-corrected chi connectivity index (χ2v) is 5.78. The Morgan fingerprint density at radius 2 is 1.87 bits per heavy atom. The molecule has 1 fully saturated rings. The lowest BCUT2D eigenvalue weighted by molar-refractivity contribution is -0.137. The lowest BCUT2D eigenvalue weighted by Crippen LogP contribution is -2.15. The molecular formula is C17H15F3N2O. The predicted molar refractivity (Wildman–Crippen MR) is 79.9 cm³/mol. The van der Waals surface area contributed by atoms with Crippen molar-refractivity contribution in [3.63, 3.8) is 0 Å². The summed E-state index contributed by atoms with van der Waals surface area (Å²) in [6.45, 7) is 1.90. The summed E-state index contributed by atoms with van der Waals surface area (Å²) in [6.07, 6.45) is -2.03. The van der Waals surface area contributed by atoms with Gasteiger partial charge in [-0.15, -0.1) is 0 Å². The molecule has 3 nitrogen and oxygen atoms in total. The minimum absolute atomic E-state index is 0.0252.